The van der Waals surface area contributed by atoms with E-state index in [1.807, 2.05) is 0 Å². The first-order valence-electron chi connectivity index (χ1n) is 9.75. The van der Waals surface area contributed by atoms with Crippen molar-refractivity contribution in [3.05, 3.63) is 94.6 Å². The van der Waals surface area contributed by atoms with Crippen LogP contribution in [0.4, 0.5) is 0 Å². The molecule has 0 bridgehead atoms. The number of pyridine rings is 1. The minimum Gasteiger partial charge on any atom is -0.481 e. The maximum Gasteiger partial charge on any atom is 0.336 e. The van der Waals surface area contributed by atoms with Crippen molar-refractivity contribution in [1.29, 1.82) is 0 Å². The summed E-state index contributed by atoms with van der Waals surface area (Å²) in [6.07, 6.45) is 3.06. The molecule has 0 aliphatic rings. The highest BCUT2D eigenvalue weighted by atomic mass is 79.9. The van der Waals surface area contributed by atoms with Crippen molar-refractivity contribution >= 4 is 49.6 Å². The number of nitrogens with one attached hydrogen (secondary N) is 1. The van der Waals surface area contributed by atoms with Crippen LogP contribution in [0.15, 0.2) is 56.8 Å². The Morgan fingerprint density at radius 2 is 2.03 bits per heavy atom. The van der Waals surface area contributed by atoms with Crippen LogP contribution in [-0.2, 0) is 13.1 Å². The molecule has 8 nitrogen and oxygen atoms in total. The van der Waals surface area contributed by atoms with E-state index in [2.05, 4.69) is 26.2 Å². The lowest BCUT2D eigenvalue weighted by atomic mass is 10.2. The summed E-state index contributed by atoms with van der Waals surface area (Å²) in [5, 5.41) is 3.35. The average molecular weight is 550 g/mol. The molecule has 4 aromatic rings. The number of fused-ring (bicyclic) bond motifs is 1. The van der Waals surface area contributed by atoms with E-state index >= 15 is 0 Å². The molecule has 0 spiro atoms. The fraction of sp³-hybridized carbons (Fsp3) is 0.182. The minimum atomic E-state index is -0.513. The van der Waals surface area contributed by atoms with Gasteiger partial charge >= 0.3 is 5.69 Å². The molecule has 11 heteroatoms. The van der Waals surface area contributed by atoms with Gasteiger partial charge in [-0.2, -0.15) is 0 Å². The first kappa shape index (κ1) is 23.2. The van der Waals surface area contributed by atoms with Crippen LogP contribution >= 0.6 is 38.9 Å². The number of rotatable bonds is 6. The SMILES string of the molecule is COc1cc(CNC(=O)c2cn3c(=O)n(Cc4ccc(Cl)c(Br)c4)c(=O)c(C)c3s2)ccn1. The van der Waals surface area contributed by atoms with Gasteiger partial charge in [-0.25, -0.2) is 9.78 Å². The van der Waals surface area contributed by atoms with E-state index in [-0.39, 0.29) is 19.0 Å². The number of hydrogen-bond acceptors (Lipinski definition) is 6. The topological polar surface area (TPSA) is 94.7 Å². The molecule has 1 N–H and O–H groups in total. The molecular formula is C22H18BrClN4O4S. The average Bonchev–Trinajstić information content (AvgIpc) is 3.27. The zero-order chi connectivity index (χ0) is 23.7. The molecule has 170 valence electrons. The van der Waals surface area contributed by atoms with Gasteiger partial charge in [0.1, 0.15) is 9.71 Å². The number of methoxy groups -OCH3 is 1. The molecule has 0 saturated heterocycles. The molecule has 33 heavy (non-hydrogen) atoms. The van der Waals surface area contributed by atoms with Crippen molar-refractivity contribution in [1.82, 2.24) is 19.3 Å². The van der Waals surface area contributed by atoms with Crippen LogP contribution in [0.25, 0.3) is 4.83 Å². The molecule has 0 radical (unpaired) electrons. The number of halogens is 2. The van der Waals surface area contributed by atoms with Gasteiger partial charge in [-0.15, -0.1) is 11.3 Å². The number of carbonyl (C=O) groups excluding carboxylic acids is 1. The van der Waals surface area contributed by atoms with Gasteiger partial charge in [0.25, 0.3) is 11.5 Å². The third-order valence-electron chi connectivity index (χ3n) is 5.01. The quantitative estimate of drug-likeness (QED) is 0.396. The van der Waals surface area contributed by atoms with E-state index < -0.39 is 11.2 Å². The Morgan fingerprint density at radius 1 is 1.24 bits per heavy atom. The largest absolute Gasteiger partial charge is 0.481 e. The molecule has 3 aromatic heterocycles. The zero-order valence-electron chi connectivity index (χ0n) is 17.6. The normalized spacial score (nSPS) is 11.0. The number of hydrogen-bond donors (Lipinski definition) is 1. The Hall–Kier alpha value is -2.95. The van der Waals surface area contributed by atoms with Gasteiger partial charge in [0.15, 0.2) is 0 Å². The molecule has 1 amide bonds. The lowest BCUT2D eigenvalue weighted by molar-refractivity contribution is 0.0954. The van der Waals surface area contributed by atoms with Crippen LogP contribution in [-0.4, -0.2) is 27.0 Å². The van der Waals surface area contributed by atoms with Gasteiger partial charge in [0.05, 0.1) is 18.7 Å². The monoisotopic (exact) mass is 548 g/mol. The second-order valence-electron chi connectivity index (χ2n) is 7.21. The molecular weight excluding hydrogens is 532 g/mol. The van der Waals surface area contributed by atoms with E-state index in [0.717, 1.165) is 27.0 Å². The van der Waals surface area contributed by atoms with E-state index in [4.69, 9.17) is 16.3 Å². The Labute approximate surface area is 205 Å². The van der Waals surface area contributed by atoms with Gasteiger partial charge in [-0.3, -0.25) is 18.6 Å². The number of ether oxygens (including phenoxy) is 1. The maximum absolute atomic E-state index is 13.1. The molecule has 0 saturated carbocycles. The van der Waals surface area contributed by atoms with Gasteiger partial charge < -0.3 is 10.1 Å². The van der Waals surface area contributed by atoms with Crippen molar-refractivity contribution in [3.63, 3.8) is 0 Å². The van der Waals surface area contributed by atoms with Gasteiger partial charge in [0.2, 0.25) is 5.88 Å². The summed E-state index contributed by atoms with van der Waals surface area (Å²) in [6.45, 7) is 1.99. The van der Waals surface area contributed by atoms with Crippen molar-refractivity contribution in [2.24, 2.45) is 0 Å². The van der Waals surface area contributed by atoms with Crippen molar-refractivity contribution in [2.45, 2.75) is 20.0 Å². The summed E-state index contributed by atoms with van der Waals surface area (Å²) in [7, 11) is 1.52. The molecule has 1 aromatic carbocycles. The summed E-state index contributed by atoms with van der Waals surface area (Å²) in [5.41, 5.74) is 1.04. The highest BCUT2D eigenvalue weighted by Gasteiger charge is 2.18. The van der Waals surface area contributed by atoms with E-state index in [0.29, 0.717) is 30.6 Å². The number of amides is 1. The lowest BCUT2D eigenvalue weighted by Gasteiger charge is -2.08. The third-order valence-corrected chi connectivity index (χ3v) is 7.43. The molecule has 0 unspecified atom stereocenters. The minimum absolute atomic E-state index is 0.0818. The first-order chi connectivity index (χ1) is 15.8. The fourth-order valence-electron chi connectivity index (χ4n) is 3.27. The van der Waals surface area contributed by atoms with Crippen molar-refractivity contribution in [3.8, 4) is 5.88 Å². The van der Waals surface area contributed by atoms with Gasteiger partial charge in [0, 0.05) is 35.0 Å². The molecule has 0 aliphatic carbocycles. The van der Waals surface area contributed by atoms with Crippen LogP contribution in [0.3, 0.4) is 0 Å². The number of benzene rings is 1. The Kier molecular flexibility index (Phi) is 6.68. The molecule has 4 rings (SSSR count). The van der Waals surface area contributed by atoms with Crippen LogP contribution in [0, 0.1) is 6.92 Å². The van der Waals surface area contributed by atoms with Crippen LogP contribution in [0.2, 0.25) is 5.02 Å². The summed E-state index contributed by atoms with van der Waals surface area (Å²) in [6, 6.07) is 8.70. The summed E-state index contributed by atoms with van der Waals surface area (Å²) in [5.74, 6) is 0.102. The molecule has 0 fully saturated rings. The van der Waals surface area contributed by atoms with Gasteiger partial charge in [-0.1, -0.05) is 17.7 Å². The molecule has 0 aliphatic heterocycles. The lowest BCUT2D eigenvalue weighted by Crippen LogP contribution is -2.38. The summed E-state index contributed by atoms with van der Waals surface area (Å²) >= 11 is 10.5. The third kappa shape index (κ3) is 4.73. The Balaban J connectivity index is 1.64. The fourth-order valence-corrected chi connectivity index (χ4v) is 4.82. The molecule has 3 heterocycles. The maximum atomic E-state index is 13.1. The number of nitrogens with zero attached hydrogens (tertiary/aromatic N) is 3. The van der Waals surface area contributed by atoms with E-state index in [9.17, 15) is 14.4 Å². The number of thiazole rings is 1. The second-order valence-corrected chi connectivity index (χ2v) is 9.50. The van der Waals surface area contributed by atoms with E-state index in [1.54, 1.807) is 43.5 Å². The van der Waals surface area contributed by atoms with Crippen molar-refractivity contribution < 1.29 is 9.53 Å². The highest BCUT2D eigenvalue weighted by molar-refractivity contribution is 9.10. The second kappa shape index (κ2) is 9.50. The predicted octanol–water partition coefficient (Wildman–Crippen LogP) is 3.63. The Morgan fingerprint density at radius 3 is 2.76 bits per heavy atom. The smallest absolute Gasteiger partial charge is 0.336 e. The number of aryl methyl sites for hydroxylation is 1. The molecule has 0 atom stereocenters. The van der Waals surface area contributed by atoms with Crippen molar-refractivity contribution in [2.75, 3.05) is 7.11 Å². The summed E-state index contributed by atoms with van der Waals surface area (Å²) < 4.78 is 8.26. The predicted molar refractivity (Wildman–Crippen MR) is 131 cm³/mol. The van der Waals surface area contributed by atoms with E-state index in [1.165, 1.54) is 17.7 Å². The highest BCUT2D eigenvalue weighted by Crippen LogP contribution is 2.23. The first-order valence-corrected chi connectivity index (χ1v) is 11.7. The van der Waals surface area contributed by atoms with Gasteiger partial charge in [-0.05, 0) is 52.2 Å². The zero-order valence-corrected chi connectivity index (χ0v) is 20.8. The number of aromatic nitrogens is 3. The number of carbonyl (C=O) groups is 1. The van der Waals surface area contributed by atoms with Crippen LogP contribution < -0.4 is 21.3 Å². The van der Waals surface area contributed by atoms with Crippen LogP contribution in [0.5, 0.6) is 5.88 Å². The Bertz CT molecular complexity index is 1490. The summed E-state index contributed by atoms with van der Waals surface area (Å²) in [4.78, 5) is 43.5. The standard InChI is InChI=1S/C22H18BrClN4O4S/c1-12-20(30)27(10-14-3-4-16(24)15(23)7-14)22(31)28-11-17(33-21(12)28)19(29)26-9-13-5-6-25-18(8-13)32-2/h3-8,11H,9-10H2,1-2H3,(H,26,29). The van der Waals surface area contributed by atoms with Crippen LogP contribution in [0.1, 0.15) is 26.4 Å².